The molecule has 1 aromatic carbocycles. The molecule has 0 saturated carbocycles. The number of anilines is 1. The van der Waals surface area contributed by atoms with Crippen LogP contribution in [0.25, 0.3) is 0 Å². The first-order valence-corrected chi connectivity index (χ1v) is 6.56. The van der Waals surface area contributed by atoms with Crippen LogP contribution in [0.3, 0.4) is 0 Å². The molecule has 0 aliphatic carbocycles. The molecule has 0 radical (unpaired) electrons. The van der Waals surface area contributed by atoms with Crippen LogP contribution in [-0.4, -0.2) is 19.6 Å². The Morgan fingerprint density at radius 2 is 2.24 bits per heavy atom. The third kappa shape index (κ3) is 2.18. The van der Waals surface area contributed by atoms with Crippen LogP contribution in [0.5, 0.6) is 5.75 Å². The Kier molecular flexibility index (Phi) is 3.43. The topological polar surface area (TPSA) is 29.5 Å². The van der Waals surface area contributed by atoms with Gasteiger partial charge in [-0.15, -0.1) is 0 Å². The van der Waals surface area contributed by atoms with Crippen molar-refractivity contribution in [2.24, 2.45) is 5.92 Å². The van der Waals surface area contributed by atoms with E-state index < -0.39 is 0 Å². The monoisotopic (exact) mass is 297 g/mol. The standard InChI is InChI=1S/C13H16BrNO2/c1-4-9-5-10(14)6-11-12(9)17-7-8(2)13(16)15(11)3/h5-6,8H,4,7H2,1-3H3. The number of halogens is 1. The van der Waals surface area contributed by atoms with Crippen LogP contribution < -0.4 is 9.64 Å². The maximum atomic E-state index is 12.0. The Morgan fingerprint density at radius 1 is 1.53 bits per heavy atom. The summed E-state index contributed by atoms with van der Waals surface area (Å²) in [5.74, 6) is 0.843. The summed E-state index contributed by atoms with van der Waals surface area (Å²) in [5, 5.41) is 0. The number of hydrogen-bond acceptors (Lipinski definition) is 2. The number of fused-ring (bicyclic) bond motifs is 1. The zero-order chi connectivity index (χ0) is 12.6. The Hall–Kier alpha value is -1.03. The van der Waals surface area contributed by atoms with Gasteiger partial charge in [0.15, 0.2) is 0 Å². The quantitative estimate of drug-likeness (QED) is 0.797. The minimum atomic E-state index is -0.101. The second-order valence-corrected chi connectivity index (χ2v) is 5.29. The smallest absolute Gasteiger partial charge is 0.233 e. The second-order valence-electron chi connectivity index (χ2n) is 4.38. The first-order chi connectivity index (χ1) is 8.04. The highest BCUT2D eigenvalue weighted by Crippen LogP contribution is 2.38. The van der Waals surface area contributed by atoms with Gasteiger partial charge < -0.3 is 9.64 Å². The maximum Gasteiger partial charge on any atom is 0.233 e. The molecule has 0 N–H and O–H groups in total. The van der Waals surface area contributed by atoms with Crippen molar-refractivity contribution in [1.82, 2.24) is 0 Å². The molecule has 1 amide bonds. The summed E-state index contributed by atoms with van der Waals surface area (Å²) in [4.78, 5) is 13.7. The summed E-state index contributed by atoms with van der Waals surface area (Å²) in [7, 11) is 1.80. The molecule has 0 saturated heterocycles. The van der Waals surface area contributed by atoms with Crippen molar-refractivity contribution >= 4 is 27.5 Å². The molecule has 1 atom stereocenters. The molecule has 1 aromatic rings. The molecule has 1 heterocycles. The van der Waals surface area contributed by atoms with Gasteiger partial charge in [0.1, 0.15) is 5.75 Å². The fourth-order valence-corrected chi connectivity index (χ4v) is 2.53. The predicted molar refractivity (Wildman–Crippen MR) is 71.6 cm³/mol. The lowest BCUT2D eigenvalue weighted by atomic mass is 10.1. The molecule has 0 spiro atoms. The number of carbonyl (C=O) groups is 1. The average molecular weight is 298 g/mol. The summed E-state index contributed by atoms with van der Waals surface area (Å²) in [6.07, 6.45) is 0.887. The SMILES string of the molecule is CCc1cc(Br)cc2c1OCC(C)C(=O)N2C. The number of rotatable bonds is 1. The molecular formula is C13H16BrNO2. The van der Waals surface area contributed by atoms with Crippen LogP contribution in [0.4, 0.5) is 5.69 Å². The first kappa shape index (κ1) is 12.4. The van der Waals surface area contributed by atoms with E-state index in [1.54, 1.807) is 11.9 Å². The number of aryl methyl sites for hydroxylation is 1. The Labute approximate surface area is 110 Å². The minimum Gasteiger partial charge on any atom is -0.490 e. The van der Waals surface area contributed by atoms with Gasteiger partial charge in [0.05, 0.1) is 18.2 Å². The van der Waals surface area contributed by atoms with E-state index in [0.29, 0.717) is 6.61 Å². The van der Waals surface area contributed by atoms with Crippen LogP contribution in [0.15, 0.2) is 16.6 Å². The molecule has 0 bridgehead atoms. The van der Waals surface area contributed by atoms with Crippen LogP contribution in [-0.2, 0) is 11.2 Å². The number of carbonyl (C=O) groups excluding carboxylic acids is 1. The van der Waals surface area contributed by atoms with Crippen LogP contribution in [0.2, 0.25) is 0 Å². The van der Waals surface area contributed by atoms with E-state index in [9.17, 15) is 4.79 Å². The van der Waals surface area contributed by atoms with Crippen LogP contribution in [0, 0.1) is 5.92 Å². The van der Waals surface area contributed by atoms with Crippen molar-refractivity contribution in [3.05, 3.63) is 22.2 Å². The third-order valence-electron chi connectivity index (χ3n) is 3.08. The first-order valence-electron chi connectivity index (χ1n) is 5.77. The zero-order valence-electron chi connectivity index (χ0n) is 10.3. The van der Waals surface area contributed by atoms with Crippen molar-refractivity contribution in [1.29, 1.82) is 0 Å². The number of amides is 1. The molecule has 1 aliphatic rings. The molecule has 0 fully saturated rings. The molecule has 92 valence electrons. The fraction of sp³-hybridized carbons (Fsp3) is 0.462. The largest absolute Gasteiger partial charge is 0.490 e. The minimum absolute atomic E-state index is 0.101. The highest BCUT2D eigenvalue weighted by molar-refractivity contribution is 9.10. The van der Waals surface area contributed by atoms with E-state index in [-0.39, 0.29) is 11.8 Å². The third-order valence-corrected chi connectivity index (χ3v) is 3.54. The van der Waals surface area contributed by atoms with Gasteiger partial charge in [-0.1, -0.05) is 29.8 Å². The number of benzene rings is 1. The highest BCUT2D eigenvalue weighted by atomic mass is 79.9. The zero-order valence-corrected chi connectivity index (χ0v) is 11.9. The van der Waals surface area contributed by atoms with Crippen molar-refractivity contribution in [3.8, 4) is 5.75 Å². The number of hydrogen-bond donors (Lipinski definition) is 0. The van der Waals surface area contributed by atoms with Gasteiger partial charge in [0.2, 0.25) is 5.91 Å². The van der Waals surface area contributed by atoms with Crippen molar-refractivity contribution < 1.29 is 9.53 Å². The summed E-state index contributed by atoms with van der Waals surface area (Å²) in [5.41, 5.74) is 1.98. The predicted octanol–water partition coefficient (Wildman–Crippen LogP) is 3.00. The molecule has 3 nitrogen and oxygen atoms in total. The van der Waals surface area contributed by atoms with Gasteiger partial charge in [-0.3, -0.25) is 4.79 Å². The summed E-state index contributed by atoms with van der Waals surface area (Å²) in [6, 6.07) is 3.98. The number of ether oxygens (including phenoxy) is 1. The van der Waals surface area contributed by atoms with Crippen LogP contribution >= 0.6 is 15.9 Å². The van der Waals surface area contributed by atoms with Gasteiger partial charge in [0, 0.05) is 11.5 Å². The van der Waals surface area contributed by atoms with E-state index in [0.717, 1.165) is 27.9 Å². The summed E-state index contributed by atoms with van der Waals surface area (Å²) < 4.78 is 6.77. The lowest BCUT2D eigenvalue weighted by Gasteiger charge is -2.19. The maximum absolute atomic E-state index is 12.0. The van der Waals surface area contributed by atoms with Gasteiger partial charge in [-0.2, -0.15) is 0 Å². The lowest BCUT2D eigenvalue weighted by Crippen LogP contribution is -2.31. The molecule has 4 heteroatoms. The van der Waals surface area contributed by atoms with E-state index in [1.807, 2.05) is 19.1 Å². The highest BCUT2D eigenvalue weighted by Gasteiger charge is 2.27. The van der Waals surface area contributed by atoms with Crippen LogP contribution in [0.1, 0.15) is 19.4 Å². The van der Waals surface area contributed by atoms with Crippen molar-refractivity contribution in [3.63, 3.8) is 0 Å². The lowest BCUT2D eigenvalue weighted by molar-refractivity contribution is -0.122. The fourth-order valence-electron chi connectivity index (χ4n) is 2.04. The molecular weight excluding hydrogens is 282 g/mol. The Morgan fingerprint density at radius 3 is 2.88 bits per heavy atom. The van der Waals surface area contributed by atoms with Crippen molar-refractivity contribution in [2.45, 2.75) is 20.3 Å². The molecule has 1 aliphatic heterocycles. The second kappa shape index (κ2) is 4.69. The van der Waals surface area contributed by atoms with Crippen molar-refractivity contribution in [2.75, 3.05) is 18.6 Å². The Balaban J connectivity index is 2.57. The van der Waals surface area contributed by atoms with E-state index in [4.69, 9.17) is 4.74 Å². The van der Waals surface area contributed by atoms with E-state index in [2.05, 4.69) is 22.9 Å². The van der Waals surface area contributed by atoms with Gasteiger partial charge in [0.25, 0.3) is 0 Å². The normalized spacial score (nSPS) is 19.6. The Bertz CT molecular complexity index is 459. The van der Waals surface area contributed by atoms with Gasteiger partial charge in [-0.25, -0.2) is 0 Å². The van der Waals surface area contributed by atoms with E-state index in [1.165, 1.54) is 0 Å². The van der Waals surface area contributed by atoms with Gasteiger partial charge in [-0.05, 0) is 24.1 Å². The molecule has 17 heavy (non-hydrogen) atoms. The van der Waals surface area contributed by atoms with Gasteiger partial charge >= 0.3 is 0 Å². The average Bonchev–Trinajstić information content (AvgIpc) is 2.42. The van der Waals surface area contributed by atoms with E-state index >= 15 is 0 Å². The molecule has 1 unspecified atom stereocenters. The molecule has 0 aromatic heterocycles. The summed E-state index contributed by atoms with van der Waals surface area (Å²) in [6.45, 7) is 4.43. The molecule has 2 rings (SSSR count). The number of nitrogens with zero attached hydrogens (tertiary/aromatic N) is 1. The summed E-state index contributed by atoms with van der Waals surface area (Å²) >= 11 is 3.48.